The fourth-order valence-corrected chi connectivity index (χ4v) is 2.96. The number of amides is 2. The van der Waals surface area contributed by atoms with Gasteiger partial charge in [0.1, 0.15) is 11.6 Å². The summed E-state index contributed by atoms with van der Waals surface area (Å²) in [7, 11) is 0. The molecule has 7 nitrogen and oxygen atoms in total. The van der Waals surface area contributed by atoms with E-state index in [9.17, 15) is 14.0 Å². The quantitative estimate of drug-likeness (QED) is 0.781. The van der Waals surface area contributed by atoms with Crippen LogP contribution in [0.15, 0.2) is 24.3 Å². The fourth-order valence-electron chi connectivity index (χ4n) is 2.96. The number of nitrogens with zero attached hydrogens (tertiary/aromatic N) is 2. The first-order chi connectivity index (χ1) is 12.4. The molecule has 0 bridgehead atoms. The van der Waals surface area contributed by atoms with Gasteiger partial charge in [0.2, 0.25) is 5.91 Å². The third-order valence-electron chi connectivity index (χ3n) is 4.33. The topological polar surface area (TPSA) is 88.1 Å². The number of benzene rings is 1. The van der Waals surface area contributed by atoms with Crippen LogP contribution in [0.4, 0.5) is 10.2 Å². The first kappa shape index (κ1) is 18.1. The largest absolute Gasteiger partial charge is 0.322 e. The number of nitrogens with one attached hydrogen (secondary N) is 3. The standard InChI is InChI=1S/C18H22FN5O2/c1-4-12-9-16(25)22-18(20-12)24-15(8-11(3)23-24)21-17(26)13-7-10(2)5-6-14(13)19/h5-8,12,18,20H,4,9H2,1-3H3,(H,21,26)(H,22,25). The summed E-state index contributed by atoms with van der Waals surface area (Å²) in [6.45, 7) is 5.56. The zero-order valence-electron chi connectivity index (χ0n) is 15.0. The van der Waals surface area contributed by atoms with Crippen molar-refractivity contribution in [3.63, 3.8) is 0 Å². The van der Waals surface area contributed by atoms with Crippen molar-refractivity contribution >= 4 is 17.6 Å². The molecule has 2 aromatic rings. The Hall–Kier alpha value is -2.74. The molecule has 0 aliphatic carbocycles. The summed E-state index contributed by atoms with van der Waals surface area (Å²) in [6, 6.07) is 6.06. The zero-order chi connectivity index (χ0) is 18.8. The van der Waals surface area contributed by atoms with Gasteiger partial charge in [-0.3, -0.25) is 14.9 Å². The number of rotatable bonds is 4. The molecule has 2 amide bonds. The number of aromatic nitrogens is 2. The molecule has 0 radical (unpaired) electrons. The van der Waals surface area contributed by atoms with Crippen molar-refractivity contribution in [1.82, 2.24) is 20.4 Å². The monoisotopic (exact) mass is 359 g/mol. The number of hydrogen-bond donors (Lipinski definition) is 3. The fraction of sp³-hybridized carbons (Fsp3) is 0.389. The summed E-state index contributed by atoms with van der Waals surface area (Å²) >= 11 is 0. The molecule has 8 heteroatoms. The summed E-state index contributed by atoms with van der Waals surface area (Å²) in [5.41, 5.74) is 1.41. The van der Waals surface area contributed by atoms with Gasteiger partial charge in [0.15, 0.2) is 6.29 Å². The van der Waals surface area contributed by atoms with Gasteiger partial charge >= 0.3 is 0 Å². The van der Waals surface area contributed by atoms with Gasteiger partial charge in [-0.15, -0.1) is 0 Å². The maximum Gasteiger partial charge on any atom is 0.259 e. The van der Waals surface area contributed by atoms with Crippen LogP contribution in [-0.4, -0.2) is 27.6 Å². The molecular weight excluding hydrogens is 337 g/mol. The molecule has 0 spiro atoms. The summed E-state index contributed by atoms with van der Waals surface area (Å²) in [5, 5.41) is 13.1. The molecule has 26 heavy (non-hydrogen) atoms. The molecule has 1 saturated heterocycles. The molecule has 1 fully saturated rings. The lowest BCUT2D eigenvalue weighted by Gasteiger charge is -2.31. The number of hydrogen-bond acceptors (Lipinski definition) is 4. The predicted molar refractivity (Wildman–Crippen MR) is 95.1 cm³/mol. The Bertz CT molecular complexity index is 848. The van der Waals surface area contributed by atoms with E-state index < -0.39 is 18.0 Å². The van der Waals surface area contributed by atoms with E-state index in [4.69, 9.17) is 0 Å². The van der Waals surface area contributed by atoms with Crippen LogP contribution in [0.3, 0.4) is 0 Å². The van der Waals surface area contributed by atoms with E-state index in [0.717, 1.165) is 12.0 Å². The Labute approximate surface area is 151 Å². The molecule has 1 aliphatic rings. The Morgan fingerprint density at radius 2 is 2.15 bits per heavy atom. The van der Waals surface area contributed by atoms with Crippen molar-refractivity contribution in [2.45, 2.75) is 45.9 Å². The maximum absolute atomic E-state index is 14.0. The lowest BCUT2D eigenvalue weighted by atomic mass is 10.1. The predicted octanol–water partition coefficient (Wildman–Crippen LogP) is 2.24. The molecule has 1 aliphatic heterocycles. The van der Waals surface area contributed by atoms with Gasteiger partial charge < -0.3 is 10.6 Å². The van der Waals surface area contributed by atoms with E-state index in [-0.39, 0.29) is 17.5 Å². The number of halogens is 1. The van der Waals surface area contributed by atoms with Crippen LogP contribution in [0.25, 0.3) is 0 Å². The van der Waals surface area contributed by atoms with Gasteiger partial charge in [0.25, 0.3) is 5.91 Å². The van der Waals surface area contributed by atoms with Gasteiger partial charge in [0, 0.05) is 18.5 Å². The Morgan fingerprint density at radius 1 is 1.38 bits per heavy atom. The van der Waals surface area contributed by atoms with Crippen molar-refractivity contribution in [2.24, 2.45) is 0 Å². The Morgan fingerprint density at radius 3 is 2.88 bits per heavy atom. The molecule has 3 rings (SSSR count). The summed E-state index contributed by atoms with van der Waals surface area (Å²) in [4.78, 5) is 24.4. The molecule has 2 atom stereocenters. The molecular formula is C18H22FN5O2. The first-order valence-electron chi connectivity index (χ1n) is 8.56. The highest BCUT2D eigenvalue weighted by Crippen LogP contribution is 2.20. The number of anilines is 1. The Balaban J connectivity index is 1.86. The molecule has 1 aromatic carbocycles. The maximum atomic E-state index is 14.0. The van der Waals surface area contributed by atoms with Gasteiger partial charge in [-0.05, 0) is 32.4 Å². The van der Waals surface area contributed by atoms with Crippen molar-refractivity contribution in [1.29, 1.82) is 0 Å². The smallest absolute Gasteiger partial charge is 0.259 e. The number of carbonyl (C=O) groups is 2. The van der Waals surface area contributed by atoms with Crippen molar-refractivity contribution in [3.05, 3.63) is 46.9 Å². The van der Waals surface area contributed by atoms with Crippen LogP contribution >= 0.6 is 0 Å². The van der Waals surface area contributed by atoms with Crippen LogP contribution in [0.1, 0.15) is 47.7 Å². The van der Waals surface area contributed by atoms with Gasteiger partial charge in [-0.2, -0.15) is 5.10 Å². The van der Waals surface area contributed by atoms with E-state index in [1.807, 2.05) is 6.92 Å². The van der Waals surface area contributed by atoms with Crippen LogP contribution in [-0.2, 0) is 4.79 Å². The SMILES string of the molecule is CCC1CC(=O)NC(n2nc(C)cc2NC(=O)c2cc(C)ccc2F)N1. The second-order valence-corrected chi connectivity index (χ2v) is 6.50. The molecule has 3 N–H and O–H groups in total. The third kappa shape index (κ3) is 3.75. The van der Waals surface area contributed by atoms with Crippen LogP contribution in [0.2, 0.25) is 0 Å². The minimum atomic E-state index is -0.592. The average Bonchev–Trinajstić information content (AvgIpc) is 2.96. The van der Waals surface area contributed by atoms with Crippen LogP contribution < -0.4 is 16.0 Å². The molecule has 138 valence electrons. The summed E-state index contributed by atoms with van der Waals surface area (Å²) in [5.74, 6) is -0.869. The van der Waals surface area contributed by atoms with E-state index >= 15 is 0 Å². The zero-order valence-corrected chi connectivity index (χ0v) is 15.0. The highest BCUT2D eigenvalue weighted by Gasteiger charge is 2.28. The lowest BCUT2D eigenvalue weighted by molar-refractivity contribution is -0.125. The molecule has 0 saturated carbocycles. The van der Waals surface area contributed by atoms with Gasteiger partial charge in [-0.25, -0.2) is 9.07 Å². The van der Waals surface area contributed by atoms with Crippen molar-refractivity contribution < 1.29 is 14.0 Å². The van der Waals surface area contributed by atoms with E-state index in [1.165, 1.54) is 16.8 Å². The van der Waals surface area contributed by atoms with Crippen LogP contribution in [0.5, 0.6) is 0 Å². The Kier molecular flexibility index (Phi) is 5.03. The second kappa shape index (κ2) is 7.25. The van der Waals surface area contributed by atoms with E-state index in [0.29, 0.717) is 17.9 Å². The minimum absolute atomic E-state index is 0.0241. The van der Waals surface area contributed by atoms with Crippen molar-refractivity contribution in [3.8, 4) is 0 Å². The molecule has 2 unspecified atom stereocenters. The number of carbonyl (C=O) groups excluding carboxylic acids is 2. The third-order valence-corrected chi connectivity index (χ3v) is 4.33. The van der Waals surface area contributed by atoms with Crippen molar-refractivity contribution in [2.75, 3.05) is 5.32 Å². The van der Waals surface area contributed by atoms with Gasteiger partial charge in [0.05, 0.1) is 11.3 Å². The normalized spacial score (nSPS) is 19.9. The first-order valence-corrected chi connectivity index (χ1v) is 8.56. The van der Waals surface area contributed by atoms with E-state index in [2.05, 4.69) is 21.0 Å². The summed E-state index contributed by atoms with van der Waals surface area (Å²) in [6.07, 6.45) is 0.608. The van der Waals surface area contributed by atoms with E-state index in [1.54, 1.807) is 26.0 Å². The summed E-state index contributed by atoms with van der Waals surface area (Å²) < 4.78 is 15.5. The van der Waals surface area contributed by atoms with Crippen LogP contribution in [0, 0.1) is 19.7 Å². The number of aryl methyl sites for hydroxylation is 2. The average molecular weight is 359 g/mol. The minimum Gasteiger partial charge on any atom is -0.322 e. The molecule has 1 aromatic heterocycles. The highest BCUT2D eigenvalue weighted by molar-refractivity contribution is 6.04. The highest BCUT2D eigenvalue weighted by atomic mass is 19.1. The lowest BCUT2D eigenvalue weighted by Crippen LogP contribution is -2.53. The second-order valence-electron chi connectivity index (χ2n) is 6.50. The molecule has 2 heterocycles. The van der Waals surface area contributed by atoms with Gasteiger partial charge in [-0.1, -0.05) is 18.6 Å².